The molecule has 0 aromatic carbocycles. The fraction of sp³-hybridized carbons (Fsp3) is 0.562. The summed E-state index contributed by atoms with van der Waals surface area (Å²) in [4.78, 5) is 15.3. The molecule has 1 aromatic heterocycles. The predicted molar refractivity (Wildman–Crippen MR) is 81.8 cm³/mol. The molecule has 3 nitrogen and oxygen atoms in total. The summed E-state index contributed by atoms with van der Waals surface area (Å²) in [6, 6.07) is 1.85. The van der Waals surface area contributed by atoms with Crippen molar-refractivity contribution in [3.8, 4) is 11.8 Å². The van der Waals surface area contributed by atoms with Crippen molar-refractivity contribution in [2.24, 2.45) is 5.92 Å². The number of thiophene rings is 1. The van der Waals surface area contributed by atoms with E-state index in [0.717, 1.165) is 37.4 Å². The van der Waals surface area contributed by atoms with E-state index < -0.39 is 0 Å². The van der Waals surface area contributed by atoms with Gasteiger partial charge in [-0.3, -0.25) is 4.79 Å². The van der Waals surface area contributed by atoms with E-state index >= 15 is 0 Å². The third-order valence-electron chi connectivity index (χ3n) is 3.87. The van der Waals surface area contributed by atoms with Crippen LogP contribution in [0.1, 0.15) is 47.8 Å². The smallest absolute Gasteiger partial charge is 0.265 e. The summed E-state index contributed by atoms with van der Waals surface area (Å²) in [5.74, 6) is 6.33. The SMILES string of the molecule is CCC1CCCN(C(=O)c2sccc2C#CCO)CC1. The van der Waals surface area contributed by atoms with Crippen LogP contribution in [-0.2, 0) is 0 Å². The van der Waals surface area contributed by atoms with Crippen molar-refractivity contribution in [2.75, 3.05) is 19.7 Å². The normalized spacial score (nSPS) is 19.1. The van der Waals surface area contributed by atoms with E-state index in [0.29, 0.717) is 4.88 Å². The van der Waals surface area contributed by atoms with Gasteiger partial charge in [-0.05, 0) is 36.6 Å². The summed E-state index contributed by atoms with van der Waals surface area (Å²) < 4.78 is 0. The Kier molecular flexibility index (Phi) is 5.63. The maximum atomic E-state index is 12.6. The topological polar surface area (TPSA) is 40.5 Å². The Balaban J connectivity index is 2.09. The van der Waals surface area contributed by atoms with Crippen LogP contribution in [0.2, 0.25) is 0 Å². The van der Waals surface area contributed by atoms with Crippen LogP contribution >= 0.6 is 11.3 Å². The van der Waals surface area contributed by atoms with Crippen molar-refractivity contribution in [1.82, 2.24) is 4.90 Å². The van der Waals surface area contributed by atoms with E-state index in [4.69, 9.17) is 5.11 Å². The molecule has 1 N–H and O–H groups in total. The minimum Gasteiger partial charge on any atom is -0.384 e. The molecular weight excluding hydrogens is 270 g/mol. The molecular formula is C16H21NO2S. The van der Waals surface area contributed by atoms with Gasteiger partial charge >= 0.3 is 0 Å². The lowest BCUT2D eigenvalue weighted by Gasteiger charge is -2.20. The summed E-state index contributed by atoms with van der Waals surface area (Å²) in [6.45, 7) is 3.75. The van der Waals surface area contributed by atoms with E-state index in [1.165, 1.54) is 24.2 Å². The maximum absolute atomic E-state index is 12.6. The number of aliphatic hydroxyl groups excluding tert-OH is 1. The van der Waals surface area contributed by atoms with Crippen molar-refractivity contribution in [3.63, 3.8) is 0 Å². The molecule has 1 aliphatic heterocycles. The highest BCUT2D eigenvalue weighted by Crippen LogP contribution is 2.24. The molecule has 2 rings (SSSR count). The fourth-order valence-corrected chi connectivity index (χ4v) is 3.44. The van der Waals surface area contributed by atoms with Crippen molar-refractivity contribution in [2.45, 2.75) is 32.6 Å². The molecule has 1 fully saturated rings. The number of carbonyl (C=O) groups is 1. The first-order chi connectivity index (χ1) is 9.76. The summed E-state index contributed by atoms with van der Waals surface area (Å²) in [5.41, 5.74) is 0.741. The van der Waals surface area contributed by atoms with Gasteiger partial charge in [0.25, 0.3) is 5.91 Å². The molecule has 1 atom stereocenters. The second-order valence-corrected chi connectivity index (χ2v) is 6.04. The highest BCUT2D eigenvalue weighted by atomic mass is 32.1. The third kappa shape index (κ3) is 3.62. The van der Waals surface area contributed by atoms with Crippen LogP contribution in [0.15, 0.2) is 11.4 Å². The van der Waals surface area contributed by atoms with Crippen LogP contribution in [0, 0.1) is 17.8 Å². The highest BCUT2D eigenvalue weighted by Gasteiger charge is 2.23. The van der Waals surface area contributed by atoms with Gasteiger partial charge in [0.1, 0.15) is 11.5 Å². The van der Waals surface area contributed by atoms with Gasteiger partial charge in [0, 0.05) is 18.7 Å². The van der Waals surface area contributed by atoms with Crippen molar-refractivity contribution < 1.29 is 9.90 Å². The quantitative estimate of drug-likeness (QED) is 0.851. The number of aliphatic hydroxyl groups is 1. The number of hydrogen-bond acceptors (Lipinski definition) is 3. The van der Waals surface area contributed by atoms with Gasteiger partial charge in [-0.15, -0.1) is 11.3 Å². The van der Waals surface area contributed by atoms with E-state index in [1.54, 1.807) is 0 Å². The van der Waals surface area contributed by atoms with Crippen LogP contribution < -0.4 is 0 Å². The van der Waals surface area contributed by atoms with Gasteiger partial charge in [0.05, 0.1) is 0 Å². The second kappa shape index (κ2) is 7.47. The third-order valence-corrected chi connectivity index (χ3v) is 4.78. The zero-order chi connectivity index (χ0) is 14.4. The predicted octanol–water partition coefficient (Wildman–Crippen LogP) is 2.74. The van der Waals surface area contributed by atoms with Crippen LogP contribution in [0.5, 0.6) is 0 Å². The Bertz CT molecular complexity index is 512. The second-order valence-electron chi connectivity index (χ2n) is 5.12. The molecule has 2 heterocycles. The molecule has 0 bridgehead atoms. The number of amides is 1. The molecule has 4 heteroatoms. The van der Waals surface area contributed by atoms with Gasteiger partial charge in [0.15, 0.2) is 0 Å². The minimum atomic E-state index is -0.175. The van der Waals surface area contributed by atoms with Crippen LogP contribution in [0.3, 0.4) is 0 Å². The van der Waals surface area contributed by atoms with Gasteiger partial charge in [-0.1, -0.05) is 25.2 Å². The Morgan fingerprint density at radius 1 is 1.50 bits per heavy atom. The minimum absolute atomic E-state index is 0.0963. The zero-order valence-electron chi connectivity index (χ0n) is 11.9. The van der Waals surface area contributed by atoms with Crippen molar-refractivity contribution in [3.05, 3.63) is 21.9 Å². The van der Waals surface area contributed by atoms with Crippen molar-refractivity contribution >= 4 is 17.2 Å². The molecule has 1 unspecified atom stereocenters. The highest BCUT2D eigenvalue weighted by molar-refractivity contribution is 7.12. The Morgan fingerprint density at radius 3 is 3.10 bits per heavy atom. The summed E-state index contributed by atoms with van der Waals surface area (Å²) in [7, 11) is 0. The molecule has 1 aromatic rings. The molecule has 108 valence electrons. The Labute approximate surface area is 124 Å². The summed E-state index contributed by atoms with van der Waals surface area (Å²) >= 11 is 1.44. The average Bonchev–Trinajstić information content (AvgIpc) is 2.80. The van der Waals surface area contributed by atoms with Gasteiger partial charge in [-0.25, -0.2) is 0 Å². The molecule has 1 amide bonds. The number of nitrogens with zero attached hydrogens (tertiary/aromatic N) is 1. The molecule has 0 spiro atoms. The number of carbonyl (C=O) groups excluding carboxylic acids is 1. The van der Waals surface area contributed by atoms with E-state index in [-0.39, 0.29) is 12.5 Å². The van der Waals surface area contributed by atoms with Gasteiger partial charge in [-0.2, -0.15) is 0 Å². The lowest BCUT2D eigenvalue weighted by Crippen LogP contribution is -2.31. The Hall–Kier alpha value is -1.31. The number of hydrogen-bond donors (Lipinski definition) is 1. The molecule has 20 heavy (non-hydrogen) atoms. The zero-order valence-corrected chi connectivity index (χ0v) is 12.7. The number of likely N-dealkylation sites (tertiary alicyclic amines) is 1. The van der Waals surface area contributed by atoms with E-state index in [9.17, 15) is 4.79 Å². The van der Waals surface area contributed by atoms with Crippen molar-refractivity contribution in [1.29, 1.82) is 0 Å². The monoisotopic (exact) mass is 291 g/mol. The largest absolute Gasteiger partial charge is 0.384 e. The molecule has 1 saturated heterocycles. The van der Waals surface area contributed by atoms with Gasteiger partial charge in [0.2, 0.25) is 0 Å². The number of rotatable bonds is 2. The van der Waals surface area contributed by atoms with Gasteiger partial charge < -0.3 is 10.0 Å². The van der Waals surface area contributed by atoms with Crippen LogP contribution in [0.4, 0.5) is 0 Å². The van der Waals surface area contributed by atoms with Crippen LogP contribution in [0.25, 0.3) is 0 Å². The molecule has 0 radical (unpaired) electrons. The van der Waals surface area contributed by atoms with E-state index in [2.05, 4.69) is 18.8 Å². The molecule has 0 aliphatic carbocycles. The lowest BCUT2D eigenvalue weighted by molar-refractivity contribution is 0.0764. The summed E-state index contributed by atoms with van der Waals surface area (Å²) in [5, 5.41) is 10.7. The first-order valence-corrected chi connectivity index (χ1v) is 8.10. The summed E-state index contributed by atoms with van der Waals surface area (Å²) in [6.07, 6.45) is 4.62. The first kappa shape index (κ1) is 15.1. The average molecular weight is 291 g/mol. The molecule has 0 saturated carbocycles. The standard InChI is InChI=1S/C16H21NO2S/c1-2-13-5-3-9-17(10-7-13)16(19)15-14(6-4-11-18)8-12-20-15/h8,12-13,18H,2-3,5,7,9-11H2,1H3. The van der Waals surface area contributed by atoms with E-state index in [1.807, 2.05) is 16.3 Å². The van der Waals surface area contributed by atoms with Crippen LogP contribution in [-0.4, -0.2) is 35.6 Å². The lowest BCUT2D eigenvalue weighted by atomic mass is 9.98. The maximum Gasteiger partial charge on any atom is 0.265 e. The Morgan fingerprint density at radius 2 is 2.35 bits per heavy atom. The fourth-order valence-electron chi connectivity index (χ4n) is 2.63. The molecule has 1 aliphatic rings. The first-order valence-electron chi connectivity index (χ1n) is 7.22.